The van der Waals surface area contributed by atoms with E-state index in [1.165, 1.54) is 12.1 Å². The van der Waals surface area contributed by atoms with Crippen LogP contribution in [0.3, 0.4) is 0 Å². The lowest BCUT2D eigenvalue weighted by Crippen LogP contribution is -2.63. The number of aliphatic carboxylic acids is 1. The van der Waals surface area contributed by atoms with Crippen LogP contribution in [0.4, 0.5) is 4.39 Å². The Kier molecular flexibility index (Phi) is 7.74. The van der Waals surface area contributed by atoms with Crippen molar-refractivity contribution >= 4 is 5.97 Å². The minimum atomic E-state index is -1.12. The quantitative estimate of drug-likeness (QED) is 0.331. The smallest absolute Gasteiger partial charge is 0.303 e. The molecule has 5 rings (SSSR count). The molecule has 0 aromatic heterocycles. The number of aliphatic hydroxyl groups is 3. The van der Waals surface area contributed by atoms with E-state index in [9.17, 15) is 29.6 Å². The summed E-state index contributed by atoms with van der Waals surface area (Å²) in [6.07, 6.45) is 6.35. The molecule has 0 bridgehead atoms. The second-order valence-electron chi connectivity index (χ2n) is 14.3. The van der Waals surface area contributed by atoms with Crippen LogP contribution in [0.5, 0.6) is 0 Å². The second-order valence-corrected chi connectivity index (χ2v) is 14.3. The molecule has 2 unspecified atom stereocenters. The van der Waals surface area contributed by atoms with Crippen LogP contribution in [0.15, 0.2) is 24.3 Å². The highest BCUT2D eigenvalue weighted by molar-refractivity contribution is 5.66. The number of carboxylic acids is 1. The Balaban J connectivity index is 1.54. The van der Waals surface area contributed by atoms with Gasteiger partial charge in [0.15, 0.2) is 0 Å². The van der Waals surface area contributed by atoms with Crippen LogP contribution in [0.25, 0.3) is 0 Å². The summed E-state index contributed by atoms with van der Waals surface area (Å²) < 4.78 is 13.9. The van der Waals surface area contributed by atoms with Gasteiger partial charge in [0.2, 0.25) is 0 Å². The fourth-order valence-electron chi connectivity index (χ4n) is 10.7. The van der Waals surface area contributed by atoms with Gasteiger partial charge in [-0.2, -0.15) is 0 Å². The van der Waals surface area contributed by atoms with Crippen LogP contribution >= 0.6 is 0 Å². The summed E-state index contributed by atoms with van der Waals surface area (Å²) in [7, 11) is 0. The van der Waals surface area contributed by atoms with Crippen LogP contribution < -0.4 is 0 Å². The van der Waals surface area contributed by atoms with Gasteiger partial charge < -0.3 is 20.4 Å². The molecule has 4 aliphatic rings. The van der Waals surface area contributed by atoms with Gasteiger partial charge in [-0.15, -0.1) is 0 Å². The topological polar surface area (TPSA) is 98.0 Å². The molecule has 0 radical (unpaired) electrons. The van der Waals surface area contributed by atoms with Gasteiger partial charge in [0.1, 0.15) is 5.82 Å². The number of aliphatic hydroxyl groups excluding tert-OH is 2. The molecule has 4 saturated carbocycles. The number of hydrogen-bond acceptors (Lipinski definition) is 4. The van der Waals surface area contributed by atoms with Crippen LogP contribution in [-0.4, -0.2) is 38.6 Å². The molecule has 0 saturated heterocycles. The van der Waals surface area contributed by atoms with Crippen molar-refractivity contribution in [1.29, 1.82) is 0 Å². The maximum absolute atomic E-state index is 13.9. The summed E-state index contributed by atoms with van der Waals surface area (Å²) in [5.41, 5.74) is -0.754. The van der Waals surface area contributed by atoms with Gasteiger partial charge in [-0.1, -0.05) is 39.8 Å². The Hall–Kier alpha value is -1.50. The van der Waals surface area contributed by atoms with Crippen molar-refractivity contribution in [3.8, 4) is 0 Å². The predicted molar refractivity (Wildman–Crippen MR) is 148 cm³/mol. The van der Waals surface area contributed by atoms with Crippen molar-refractivity contribution in [2.75, 3.05) is 0 Å². The lowest BCUT2D eigenvalue weighted by atomic mass is 9.40. The molecule has 4 aliphatic carbocycles. The normalized spacial score (nSPS) is 44.0. The van der Waals surface area contributed by atoms with Gasteiger partial charge in [0, 0.05) is 6.42 Å². The molecule has 218 valence electrons. The SMILES string of the molecule is CCC(O)(c1ccc(F)cc1)C1C[C@@H]2[C@H](C[C@H](O)[C@]3(C)[C@@H]([C@H](C)CCC(=O)O)CC[C@@H]23)[C@@]2(C)CC[C@@H](O)C[C@@H]12. The van der Waals surface area contributed by atoms with E-state index in [1.54, 1.807) is 12.1 Å². The molecule has 0 heterocycles. The van der Waals surface area contributed by atoms with Crippen molar-refractivity contribution in [3.05, 3.63) is 35.6 Å². The van der Waals surface area contributed by atoms with E-state index >= 15 is 0 Å². The minimum Gasteiger partial charge on any atom is -0.481 e. The fraction of sp³-hybridized carbons (Fsp3) is 0.788. The first-order valence-corrected chi connectivity index (χ1v) is 15.4. The van der Waals surface area contributed by atoms with Gasteiger partial charge in [0.25, 0.3) is 0 Å². The van der Waals surface area contributed by atoms with Gasteiger partial charge in [-0.05, 0) is 128 Å². The standard InChI is InChI=1S/C33H49FO5/c1-5-33(39,20-7-9-21(34)10-8-20)28-17-23-25-12-11-24(19(2)6-13-30(37)38)32(25,4)29(36)18-26(23)31(3)15-14-22(35)16-27(28)31/h7-10,19,22-29,35-36,39H,5-6,11-18H2,1-4H3,(H,37,38)/t19-,22-,23+,24-,25+,26+,27+,28?,29+,31-,32-,33?/m1/s1. The van der Waals surface area contributed by atoms with Crippen molar-refractivity contribution in [2.45, 2.75) is 110 Å². The summed E-state index contributed by atoms with van der Waals surface area (Å²) >= 11 is 0. The van der Waals surface area contributed by atoms with Crippen molar-refractivity contribution in [1.82, 2.24) is 0 Å². The molecule has 0 aliphatic heterocycles. The zero-order chi connectivity index (χ0) is 28.3. The fourth-order valence-corrected chi connectivity index (χ4v) is 10.7. The number of hydrogen-bond donors (Lipinski definition) is 4. The van der Waals surface area contributed by atoms with E-state index in [4.69, 9.17) is 0 Å². The molecule has 0 spiro atoms. The van der Waals surface area contributed by atoms with Crippen molar-refractivity contribution in [2.24, 2.45) is 52.3 Å². The maximum atomic E-state index is 13.9. The Bertz CT molecular complexity index is 1050. The molecule has 12 atom stereocenters. The Morgan fingerprint density at radius 2 is 1.74 bits per heavy atom. The van der Waals surface area contributed by atoms with Crippen LogP contribution in [-0.2, 0) is 10.4 Å². The average molecular weight is 545 g/mol. The van der Waals surface area contributed by atoms with Gasteiger partial charge >= 0.3 is 5.97 Å². The Morgan fingerprint density at radius 3 is 2.38 bits per heavy atom. The summed E-state index contributed by atoms with van der Waals surface area (Å²) in [5.74, 6) is 0.433. The molecule has 4 fully saturated rings. The highest BCUT2D eigenvalue weighted by Gasteiger charge is 2.66. The summed E-state index contributed by atoms with van der Waals surface area (Å²) in [6, 6.07) is 6.33. The highest BCUT2D eigenvalue weighted by Crippen LogP contribution is 2.70. The maximum Gasteiger partial charge on any atom is 0.303 e. The van der Waals surface area contributed by atoms with E-state index in [-0.39, 0.29) is 52.8 Å². The predicted octanol–water partition coefficient (Wildman–Crippen LogP) is 6.14. The number of carboxylic acid groups (broad SMARTS) is 1. The monoisotopic (exact) mass is 544 g/mol. The van der Waals surface area contributed by atoms with Gasteiger partial charge in [0.05, 0.1) is 17.8 Å². The number of carbonyl (C=O) groups is 1. The molecule has 1 aromatic rings. The lowest BCUT2D eigenvalue weighted by molar-refractivity contribution is -0.218. The number of rotatable bonds is 7. The molecule has 4 N–H and O–H groups in total. The molecule has 39 heavy (non-hydrogen) atoms. The Labute approximate surface area is 233 Å². The van der Waals surface area contributed by atoms with Gasteiger partial charge in [-0.25, -0.2) is 4.39 Å². The number of halogens is 1. The van der Waals surface area contributed by atoms with Gasteiger partial charge in [-0.3, -0.25) is 4.79 Å². The second kappa shape index (κ2) is 10.4. The van der Waals surface area contributed by atoms with Crippen LogP contribution in [0.2, 0.25) is 0 Å². The molecular weight excluding hydrogens is 495 g/mol. The average Bonchev–Trinajstić information content (AvgIpc) is 3.27. The van der Waals surface area contributed by atoms with Crippen LogP contribution in [0, 0.1) is 58.1 Å². The van der Waals surface area contributed by atoms with E-state index < -0.39 is 17.7 Å². The van der Waals surface area contributed by atoms with E-state index in [0.29, 0.717) is 37.0 Å². The van der Waals surface area contributed by atoms with E-state index in [2.05, 4.69) is 20.8 Å². The first-order chi connectivity index (χ1) is 18.4. The van der Waals surface area contributed by atoms with E-state index in [0.717, 1.165) is 44.1 Å². The third kappa shape index (κ3) is 4.57. The summed E-state index contributed by atoms with van der Waals surface area (Å²) in [6.45, 7) is 8.78. The first-order valence-electron chi connectivity index (χ1n) is 15.4. The largest absolute Gasteiger partial charge is 0.481 e. The molecule has 6 heteroatoms. The molecular formula is C33H49FO5. The molecule has 0 amide bonds. The minimum absolute atomic E-state index is 0.0721. The third-order valence-corrected chi connectivity index (χ3v) is 12.9. The Morgan fingerprint density at radius 1 is 1.05 bits per heavy atom. The van der Waals surface area contributed by atoms with Crippen molar-refractivity contribution in [3.63, 3.8) is 0 Å². The zero-order valence-electron chi connectivity index (χ0n) is 24.2. The first kappa shape index (κ1) is 29.0. The molecule has 1 aromatic carbocycles. The van der Waals surface area contributed by atoms with E-state index in [1.807, 2.05) is 6.92 Å². The van der Waals surface area contributed by atoms with Crippen LogP contribution in [0.1, 0.15) is 97.5 Å². The summed E-state index contributed by atoms with van der Waals surface area (Å²) in [4.78, 5) is 11.3. The number of benzene rings is 1. The third-order valence-electron chi connectivity index (χ3n) is 12.9. The molecule has 5 nitrogen and oxygen atoms in total. The summed E-state index contributed by atoms with van der Waals surface area (Å²) in [5, 5.41) is 44.4. The van der Waals surface area contributed by atoms with Crippen molar-refractivity contribution < 1.29 is 29.6 Å². The zero-order valence-corrected chi connectivity index (χ0v) is 24.2. The lowest BCUT2D eigenvalue weighted by Gasteiger charge is -2.66. The number of fused-ring (bicyclic) bond motifs is 5. The highest BCUT2D eigenvalue weighted by atomic mass is 19.1.